The third-order valence-corrected chi connectivity index (χ3v) is 2.97. The molecule has 9 heteroatoms. The molecule has 0 aromatic heterocycles. The van der Waals surface area contributed by atoms with Crippen molar-refractivity contribution >= 4 is 24.0 Å². The van der Waals surface area contributed by atoms with Crippen molar-refractivity contribution in [2.24, 2.45) is 0 Å². The van der Waals surface area contributed by atoms with E-state index in [1.54, 1.807) is 14.1 Å². The van der Waals surface area contributed by atoms with Gasteiger partial charge in [-0.2, -0.15) is 0 Å². The highest BCUT2D eigenvalue weighted by Gasteiger charge is 2.26. The van der Waals surface area contributed by atoms with Crippen molar-refractivity contribution in [1.82, 2.24) is 10.2 Å². The summed E-state index contributed by atoms with van der Waals surface area (Å²) in [7, 11) is 6.13. The maximum Gasteiger partial charge on any atom is 0.286 e. The normalized spacial score (nSPS) is 9.64. The van der Waals surface area contributed by atoms with E-state index in [1.165, 1.54) is 31.3 Å². The first-order chi connectivity index (χ1) is 9.96. The van der Waals surface area contributed by atoms with E-state index in [0.29, 0.717) is 13.1 Å². The zero-order valence-electron chi connectivity index (χ0n) is 12.9. The summed E-state index contributed by atoms with van der Waals surface area (Å²) in [4.78, 5) is 24.3. The maximum atomic E-state index is 12.3. The Labute approximate surface area is 134 Å². The number of hydrogen-bond acceptors (Lipinski definition) is 6. The van der Waals surface area contributed by atoms with Crippen LogP contribution in [0.5, 0.6) is 11.5 Å². The Bertz CT molecular complexity index is 539. The number of nitro benzene ring substituents is 1. The number of benzene rings is 1. The molecule has 22 heavy (non-hydrogen) atoms. The second-order valence-corrected chi connectivity index (χ2v) is 4.31. The molecule has 0 aliphatic carbocycles. The fraction of sp³-hybridized carbons (Fsp3) is 0.462. The van der Waals surface area contributed by atoms with E-state index in [1.807, 2.05) is 0 Å². The molecule has 1 aromatic rings. The molecular weight excluding hydrogens is 314 g/mol. The zero-order chi connectivity index (χ0) is 16.0. The molecule has 8 nitrogen and oxygen atoms in total. The molecule has 1 aromatic carbocycles. The number of halogens is 1. The Morgan fingerprint density at radius 1 is 1.32 bits per heavy atom. The number of nitrogens with one attached hydrogen (secondary N) is 1. The number of amides is 1. The molecule has 0 spiro atoms. The van der Waals surface area contributed by atoms with Crippen molar-refractivity contribution in [2.75, 3.05) is 41.4 Å². The van der Waals surface area contributed by atoms with Gasteiger partial charge in [0.2, 0.25) is 0 Å². The highest BCUT2D eigenvalue weighted by atomic mass is 35.5. The van der Waals surface area contributed by atoms with Gasteiger partial charge < -0.3 is 19.7 Å². The molecule has 0 fully saturated rings. The number of methoxy groups -OCH3 is 2. The molecule has 0 heterocycles. The fourth-order valence-corrected chi connectivity index (χ4v) is 1.78. The molecule has 0 saturated heterocycles. The van der Waals surface area contributed by atoms with Crippen LogP contribution in [0.3, 0.4) is 0 Å². The van der Waals surface area contributed by atoms with E-state index in [2.05, 4.69) is 5.32 Å². The summed E-state index contributed by atoms with van der Waals surface area (Å²) in [5.74, 6) is 0.0324. The lowest BCUT2D eigenvalue weighted by Crippen LogP contribution is -2.33. The van der Waals surface area contributed by atoms with Crippen molar-refractivity contribution in [3.63, 3.8) is 0 Å². The summed E-state index contributed by atoms with van der Waals surface area (Å²) in [5.41, 5.74) is -0.342. The largest absolute Gasteiger partial charge is 0.493 e. The van der Waals surface area contributed by atoms with Crippen molar-refractivity contribution in [2.45, 2.75) is 0 Å². The first-order valence-corrected chi connectivity index (χ1v) is 6.26. The Morgan fingerprint density at radius 2 is 1.86 bits per heavy atom. The minimum absolute atomic E-state index is 0. The second kappa shape index (κ2) is 9.06. The monoisotopic (exact) mass is 333 g/mol. The first kappa shape index (κ1) is 19.9. The third-order valence-electron chi connectivity index (χ3n) is 2.97. The molecular formula is C13H20ClN3O5. The smallest absolute Gasteiger partial charge is 0.286 e. The number of carbonyl (C=O) groups excluding carboxylic acids is 1. The molecule has 0 aliphatic rings. The van der Waals surface area contributed by atoms with Gasteiger partial charge in [0.15, 0.2) is 11.5 Å². The molecule has 0 atom stereocenters. The standard InChI is InChI=1S/C13H19N3O5.ClH/c1-14-5-6-15(2)13(17)9-7-11(20-3)12(21-4)8-10(9)16(18)19;/h7-8,14H,5-6H2,1-4H3;1H. The van der Waals surface area contributed by atoms with Crippen LogP contribution in [-0.4, -0.2) is 57.1 Å². The zero-order valence-corrected chi connectivity index (χ0v) is 13.7. The topological polar surface area (TPSA) is 93.9 Å². The van der Waals surface area contributed by atoms with Gasteiger partial charge in [0.25, 0.3) is 11.6 Å². The van der Waals surface area contributed by atoms with Gasteiger partial charge in [-0.3, -0.25) is 14.9 Å². The van der Waals surface area contributed by atoms with Crippen LogP contribution in [0, 0.1) is 10.1 Å². The minimum atomic E-state index is -0.610. The molecule has 0 bridgehead atoms. The summed E-state index contributed by atoms with van der Waals surface area (Å²) < 4.78 is 10.1. The number of rotatable bonds is 7. The average molecular weight is 334 g/mol. The number of ether oxygens (including phenoxy) is 2. The molecule has 0 unspecified atom stereocenters. The lowest BCUT2D eigenvalue weighted by molar-refractivity contribution is -0.385. The summed E-state index contributed by atoms with van der Waals surface area (Å²) in [6, 6.07) is 2.52. The van der Waals surface area contributed by atoms with E-state index >= 15 is 0 Å². The SMILES string of the molecule is CNCCN(C)C(=O)c1cc(OC)c(OC)cc1[N+](=O)[O-].Cl. The Balaban J connectivity index is 0.00000441. The summed E-state index contributed by atoms with van der Waals surface area (Å²) >= 11 is 0. The minimum Gasteiger partial charge on any atom is -0.493 e. The van der Waals surface area contributed by atoms with E-state index in [4.69, 9.17) is 9.47 Å². The van der Waals surface area contributed by atoms with Gasteiger partial charge in [0.05, 0.1) is 25.2 Å². The van der Waals surface area contributed by atoms with E-state index < -0.39 is 10.8 Å². The van der Waals surface area contributed by atoms with Gasteiger partial charge >= 0.3 is 0 Å². The van der Waals surface area contributed by atoms with Crippen LogP contribution in [0.1, 0.15) is 10.4 Å². The van der Waals surface area contributed by atoms with Gasteiger partial charge in [-0.25, -0.2) is 0 Å². The predicted octanol–water partition coefficient (Wildman–Crippen LogP) is 1.33. The fourth-order valence-electron chi connectivity index (χ4n) is 1.78. The highest BCUT2D eigenvalue weighted by Crippen LogP contribution is 2.34. The summed E-state index contributed by atoms with van der Waals surface area (Å²) in [6.07, 6.45) is 0. The van der Waals surface area contributed by atoms with E-state index in [9.17, 15) is 14.9 Å². The lowest BCUT2D eigenvalue weighted by atomic mass is 10.1. The number of likely N-dealkylation sites (N-methyl/N-ethyl adjacent to an activating group) is 2. The van der Waals surface area contributed by atoms with Crippen molar-refractivity contribution in [3.8, 4) is 11.5 Å². The van der Waals surface area contributed by atoms with Gasteiger partial charge in [-0.1, -0.05) is 0 Å². The molecule has 0 aliphatic heterocycles. The quantitative estimate of drug-likeness (QED) is 0.597. The van der Waals surface area contributed by atoms with Gasteiger partial charge in [0, 0.05) is 26.2 Å². The molecule has 1 N–H and O–H groups in total. The van der Waals surface area contributed by atoms with E-state index in [0.717, 1.165) is 0 Å². The van der Waals surface area contributed by atoms with Crippen LogP contribution in [0.4, 0.5) is 5.69 Å². The Kier molecular flexibility index (Phi) is 8.21. The molecule has 0 radical (unpaired) electrons. The average Bonchev–Trinajstić information content (AvgIpc) is 2.50. The summed E-state index contributed by atoms with van der Waals surface area (Å²) in [5, 5.41) is 14.1. The predicted molar refractivity (Wildman–Crippen MR) is 84.3 cm³/mol. The first-order valence-electron chi connectivity index (χ1n) is 6.26. The van der Waals surface area contributed by atoms with Crippen LogP contribution in [0.15, 0.2) is 12.1 Å². The van der Waals surface area contributed by atoms with Crippen LogP contribution in [-0.2, 0) is 0 Å². The molecule has 0 saturated carbocycles. The highest BCUT2D eigenvalue weighted by molar-refractivity contribution is 5.99. The maximum absolute atomic E-state index is 12.3. The second-order valence-electron chi connectivity index (χ2n) is 4.31. The van der Waals surface area contributed by atoms with Gasteiger partial charge in [-0.05, 0) is 7.05 Å². The number of nitro groups is 1. The van der Waals surface area contributed by atoms with Crippen LogP contribution in [0.25, 0.3) is 0 Å². The molecule has 1 rings (SSSR count). The Morgan fingerprint density at radius 3 is 2.32 bits per heavy atom. The number of nitrogens with zero attached hydrogens (tertiary/aromatic N) is 2. The van der Waals surface area contributed by atoms with Crippen molar-refractivity contribution in [3.05, 3.63) is 27.8 Å². The van der Waals surface area contributed by atoms with Crippen molar-refractivity contribution < 1.29 is 19.2 Å². The summed E-state index contributed by atoms with van der Waals surface area (Å²) in [6.45, 7) is 1.02. The number of hydrogen-bond donors (Lipinski definition) is 1. The third kappa shape index (κ3) is 4.47. The van der Waals surface area contributed by atoms with Gasteiger partial charge in [0.1, 0.15) is 5.56 Å². The van der Waals surface area contributed by atoms with Crippen LogP contribution >= 0.6 is 12.4 Å². The van der Waals surface area contributed by atoms with E-state index in [-0.39, 0.29) is 35.2 Å². The van der Waals surface area contributed by atoms with Crippen LogP contribution in [0.2, 0.25) is 0 Å². The lowest BCUT2D eigenvalue weighted by Gasteiger charge is -2.18. The Hall–Kier alpha value is -2.06. The van der Waals surface area contributed by atoms with Crippen LogP contribution < -0.4 is 14.8 Å². The molecule has 124 valence electrons. The van der Waals surface area contributed by atoms with Crippen molar-refractivity contribution in [1.29, 1.82) is 0 Å². The number of carbonyl (C=O) groups is 1. The van der Waals surface area contributed by atoms with Gasteiger partial charge in [-0.15, -0.1) is 12.4 Å². The molecule has 1 amide bonds.